The van der Waals surface area contributed by atoms with Crippen molar-refractivity contribution in [2.24, 2.45) is 17.6 Å². The van der Waals surface area contributed by atoms with Crippen LogP contribution in [-0.4, -0.2) is 106 Å². The Hall–Kier alpha value is -3.78. The molecule has 0 saturated heterocycles. The molecule has 0 spiro atoms. The Kier molecular flexibility index (Phi) is 7.06. The molecule has 13 nitrogen and oxygen atoms in total. The number of nitrogens with two attached hydrogens (primary N) is 1. The number of ether oxygens (including phenoxy) is 1. The molecule has 6 atom stereocenters. The lowest BCUT2D eigenvalue weighted by Crippen LogP contribution is -2.68. The minimum absolute atomic E-state index is 0.0375. The number of anilines is 1. The Bertz CT molecular complexity index is 1350. The summed E-state index contributed by atoms with van der Waals surface area (Å²) in [5.41, 5.74) is 0.961. The van der Waals surface area contributed by atoms with E-state index in [1.165, 1.54) is 38.2 Å². The van der Waals surface area contributed by atoms with Gasteiger partial charge in [-0.15, -0.1) is 0 Å². The van der Waals surface area contributed by atoms with Gasteiger partial charge in [-0.05, 0) is 31.6 Å². The number of aromatic hydroxyl groups is 1. The molecule has 0 aliphatic heterocycles. The van der Waals surface area contributed by atoms with Crippen molar-refractivity contribution in [3.63, 3.8) is 0 Å². The maximum Gasteiger partial charge on any atom is 0.255 e. The van der Waals surface area contributed by atoms with Crippen molar-refractivity contribution in [2.75, 3.05) is 39.7 Å². The van der Waals surface area contributed by atoms with Crippen LogP contribution in [0.25, 0.3) is 0 Å². The normalized spacial score (nSPS) is 30.2. The highest BCUT2D eigenvalue weighted by molar-refractivity contribution is 6.25. The molecule has 8 N–H and O–H groups in total. The van der Waals surface area contributed by atoms with E-state index in [0.717, 1.165) is 0 Å². The number of hydrogen-bond acceptors (Lipinski definition) is 12. The summed E-state index contributed by atoms with van der Waals surface area (Å²) < 4.78 is 4.77. The fourth-order valence-corrected chi connectivity index (χ4v) is 6.17. The molecule has 0 unspecified atom stereocenters. The monoisotopic (exact) mass is 545 g/mol. The van der Waals surface area contributed by atoms with Gasteiger partial charge in [0, 0.05) is 18.6 Å². The molecule has 0 bridgehead atoms. The van der Waals surface area contributed by atoms with Gasteiger partial charge in [0.2, 0.25) is 5.78 Å². The number of likely N-dealkylation sites (N-methyl/N-ethyl adjacent to an activating group) is 1. The molecule has 13 heteroatoms. The minimum Gasteiger partial charge on any atom is -0.510 e. The molecule has 0 aromatic heterocycles. The van der Waals surface area contributed by atoms with Crippen LogP contribution in [0.3, 0.4) is 0 Å². The van der Waals surface area contributed by atoms with Crippen molar-refractivity contribution >= 4 is 28.9 Å². The number of Topliss-reactive ketones (excluding diaryl/α,β-unsaturated/α-hetero) is 3. The van der Waals surface area contributed by atoms with Crippen LogP contribution in [0, 0.1) is 11.8 Å². The van der Waals surface area contributed by atoms with Gasteiger partial charge in [0.15, 0.2) is 17.2 Å². The van der Waals surface area contributed by atoms with Crippen molar-refractivity contribution in [1.29, 1.82) is 0 Å². The Morgan fingerprint density at radius 2 is 1.82 bits per heavy atom. The number of methoxy groups -OCH3 is 1. The Balaban J connectivity index is 1.91. The molecule has 39 heavy (non-hydrogen) atoms. The molecule has 1 aromatic rings. The van der Waals surface area contributed by atoms with Crippen LogP contribution in [0.2, 0.25) is 0 Å². The zero-order chi connectivity index (χ0) is 29.1. The van der Waals surface area contributed by atoms with E-state index < -0.39 is 81.4 Å². The van der Waals surface area contributed by atoms with Gasteiger partial charge in [-0.1, -0.05) is 13.0 Å². The number of hydrogen-bond donors (Lipinski definition) is 7. The van der Waals surface area contributed by atoms with Crippen molar-refractivity contribution in [1.82, 2.24) is 4.90 Å². The Labute approximate surface area is 223 Å². The number of ketones is 3. The average Bonchev–Trinajstić information content (AvgIpc) is 2.85. The molecule has 0 saturated carbocycles. The minimum atomic E-state index is -2.98. The SMILES string of the molecule is COCC(=O)CNc1ccc2c(c1O)C(=O)C1=C(O)[C@]3(O)C(=O)C(C(N)=O)=C(O)[C@@H](N(C)C)[C@@H]3[C@@H](O)[C@@H]1[C@H]2C. The highest BCUT2D eigenvalue weighted by Gasteiger charge is 2.67. The van der Waals surface area contributed by atoms with Crippen molar-refractivity contribution in [3.8, 4) is 5.75 Å². The number of nitrogens with one attached hydrogen (secondary N) is 1. The number of aliphatic hydroxyl groups is 4. The van der Waals surface area contributed by atoms with E-state index in [-0.39, 0.29) is 30.2 Å². The summed E-state index contributed by atoms with van der Waals surface area (Å²) >= 11 is 0. The second-order valence-electron chi connectivity index (χ2n) is 10.3. The molecular weight excluding hydrogens is 514 g/mol. The van der Waals surface area contributed by atoms with Gasteiger partial charge in [-0.2, -0.15) is 0 Å². The maximum absolute atomic E-state index is 13.8. The highest BCUT2D eigenvalue weighted by Crippen LogP contribution is 2.55. The van der Waals surface area contributed by atoms with Crippen molar-refractivity contribution in [2.45, 2.75) is 30.6 Å². The lowest BCUT2D eigenvalue weighted by molar-refractivity contribution is -0.162. The molecule has 1 aromatic carbocycles. The third-order valence-electron chi connectivity index (χ3n) is 7.91. The van der Waals surface area contributed by atoms with E-state index in [1.54, 1.807) is 6.92 Å². The van der Waals surface area contributed by atoms with E-state index in [0.29, 0.717) is 5.56 Å². The maximum atomic E-state index is 13.8. The average molecular weight is 546 g/mol. The first kappa shape index (κ1) is 28.2. The molecule has 1 amide bonds. The molecule has 3 aliphatic carbocycles. The quantitative estimate of drug-likeness (QED) is 0.167. The van der Waals surface area contributed by atoms with Crippen LogP contribution >= 0.6 is 0 Å². The lowest BCUT2D eigenvalue weighted by atomic mass is 9.55. The van der Waals surface area contributed by atoms with Crippen LogP contribution in [-0.2, 0) is 19.1 Å². The van der Waals surface area contributed by atoms with E-state index in [2.05, 4.69) is 5.32 Å². The molecule has 0 radical (unpaired) electrons. The number of phenolic OH excluding ortho intramolecular Hbond substituents is 1. The zero-order valence-electron chi connectivity index (χ0n) is 21.8. The number of rotatable bonds is 7. The first-order chi connectivity index (χ1) is 18.2. The molecule has 3 aliphatic rings. The van der Waals surface area contributed by atoms with Crippen LogP contribution < -0.4 is 11.1 Å². The third-order valence-corrected chi connectivity index (χ3v) is 7.91. The number of benzene rings is 1. The number of phenols is 1. The zero-order valence-corrected chi connectivity index (χ0v) is 21.8. The Morgan fingerprint density at radius 1 is 1.18 bits per heavy atom. The molecule has 0 heterocycles. The largest absolute Gasteiger partial charge is 0.510 e. The number of primary amides is 1. The van der Waals surface area contributed by atoms with E-state index in [9.17, 15) is 44.7 Å². The number of carbonyl (C=O) groups is 4. The molecular formula is C26H31N3O10. The summed E-state index contributed by atoms with van der Waals surface area (Å²) in [7, 11) is 4.28. The summed E-state index contributed by atoms with van der Waals surface area (Å²) in [5.74, 6) is -9.99. The second kappa shape index (κ2) is 9.75. The predicted molar refractivity (Wildman–Crippen MR) is 135 cm³/mol. The second-order valence-corrected chi connectivity index (χ2v) is 10.3. The standard InChI is InChI=1S/C26H31N3O10/c1-9-11-5-6-12(28-7-10(30)8-39-4)19(31)14(11)20(32)15-13(9)21(33)17-18(29(2)3)22(34)16(25(27)37)24(36)26(17,38)23(15)35/h5-6,9,13,17-18,21,28,31,33-35,38H,7-8H2,1-4H3,(H2,27,37)/t9-,13+,17+,18-,21-,26-/m0/s1. The summed E-state index contributed by atoms with van der Waals surface area (Å²) in [4.78, 5) is 52.5. The van der Waals surface area contributed by atoms with Crippen molar-refractivity contribution in [3.05, 3.63) is 45.9 Å². The van der Waals surface area contributed by atoms with Crippen LogP contribution in [0.5, 0.6) is 5.75 Å². The van der Waals surface area contributed by atoms with E-state index in [1.807, 2.05) is 0 Å². The van der Waals surface area contributed by atoms with Crippen LogP contribution in [0.15, 0.2) is 34.8 Å². The smallest absolute Gasteiger partial charge is 0.255 e. The van der Waals surface area contributed by atoms with Gasteiger partial charge in [-0.3, -0.25) is 24.1 Å². The van der Waals surface area contributed by atoms with Crippen molar-refractivity contribution < 1.29 is 49.4 Å². The number of aliphatic hydroxyl groups excluding tert-OH is 3. The summed E-state index contributed by atoms with van der Waals surface area (Å²) in [6.07, 6.45) is -1.67. The van der Waals surface area contributed by atoms with Gasteiger partial charge < -0.3 is 41.3 Å². The van der Waals surface area contributed by atoms with Gasteiger partial charge in [0.25, 0.3) is 5.91 Å². The number of nitrogens with zero attached hydrogens (tertiary/aromatic N) is 1. The first-order valence-electron chi connectivity index (χ1n) is 12.1. The first-order valence-corrected chi connectivity index (χ1v) is 12.1. The molecule has 0 fully saturated rings. The van der Waals surface area contributed by atoms with Gasteiger partial charge in [-0.25, -0.2) is 0 Å². The lowest BCUT2D eigenvalue weighted by Gasteiger charge is -2.53. The number of amides is 1. The summed E-state index contributed by atoms with van der Waals surface area (Å²) in [6, 6.07) is 1.65. The predicted octanol–water partition coefficient (Wildman–Crippen LogP) is -0.720. The summed E-state index contributed by atoms with van der Waals surface area (Å²) in [6.45, 7) is 1.24. The fourth-order valence-electron chi connectivity index (χ4n) is 6.17. The van der Waals surface area contributed by atoms with E-state index >= 15 is 0 Å². The highest BCUT2D eigenvalue weighted by atomic mass is 16.5. The number of fused-ring (bicyclic) bond motifs is 3. The van der Waals surface area contributed by atoms with E-state index in [4.69, 9.17) is 10.5 Å². The molecule has 4 rings (SSSR count). The van der Waals surface area contributed by atoms with Gasteiger partial charge in [0.1, 0.15) is 29.4 Å². The van der Waals surface area contributed by atoms with Crippen LogP contribution in [0.1, 0.15) is 28.8 Å². The molecule has 210 valence electrons. The van der Waals surface area contributed by atoms with Gasteiger partial charge >= 0.3 is 0 Å². The number of carbonyl (C=O) groups excluding carboxylic acids is 4. The summed E-state index contributed by atoms with van der Waals surface area (Å²) in [5, 5.41) is 59.2. The third kappa shape index (κ3) is 3.92. The van der Waals surface area contributed by atoms with Gasteiger partial charge in [0.05, 0.1) is 35.9 Å². The fraction of sp³-hybridized carbons (Fsp3) is 0.462. The Morgan fingerprint density at radius 3 is 2.38 bits per heavy atom. The topological polar surface area (TPSA) is 220 Å². The van der Waals surface area contributed by atoms with Crippen LogP contribution in [0.4, 0.5) is 5.69 Å².